The van der Waals surface area contributed by atoms with Crippen LogP contribution in [0.3, 0.4) is 0 Å². The first-order valence-electron chi connectivity index (χ1n) is 7.15. The Morgan fingerprint density at radius 3 is 2.68 bits per heavy atom. The molecule has 0 aliphatic rings. The summed E-state index contributed by atoms with van der Waals surface area (Å²) in [6.45, 7) is 0. The van der Waals surface area contributed by atoms with Crippen LogP contribution in [0, 0.1) is 0 Å². The molecule has 0 aromatic carbocycles. The third-order valence-corrected chi connectivity index (χ3v) is 5.38. The number of carbonyl (C=O) groups excluding carboxylic acids is 1. The van der Waals surface area contributed by atoms with Crippen molar-refractivity contribution in [1.82, 2.24) is 19.1 Å². The molecule has 0 unspecified atom stereocenters. The monoisotopic (exact) mass is 378 g/mol. The summed E-state index contributed by atoms with van der Waals surface area (Å²) in [6.07, 6.45) is 0. The van der Waals surface area contributed by atoms with E-state index in [4.69, 9.17) is 0 Å². The van der Waals surface area contributed by atoms with Gasteiger partial charge in [-0.05, 0) is 11.4 Å². The molecule has 3 aromatic rings. The fourth-order valence-electron chi connectivity index (χ4n) is 2.24. The molecule has 25 heavy (non-hydrogen) atoms. The van der Waals surface area contributed by atoms with Crippen LogP contribution in [0.5, 0.6) is 0 Å². The van der Waals surface area contributed by atoms with Gasteiger partial charge in [0.2, 0.25) is 0 Å². The molecule has 3 aromatic heterocycles. The van der Waals surface area contributed by atoms with Crippen LogP contribution >= 0.6 is 23.1 Å². The van der Waals surface area contributed by atoms with Crippen molar-refractivity contribution in [2.75, 3.05) is 12.9 Å². The van der Waals surface area contributed by atoms with Crippen molar-refractivity contribution in [1.29, 1.82) is 0 Å². The van der Waals surface area contributed by atoms with Gasteiger partial charge in [-0.25, -0.2) is 14.8 Å². The molecule has 8 nitrogen and oxygen atoms in total. The molecule has 0 radical (unpaired) electrons. The topological polar surface area (TPSA) is 96.1 Å². The predicted octanol–water partition coefficient (Wildman–Crippen LogP) is 1.02. The quantitative estimate of drug-likeness (QED) is 0.380. The second-order valence-electron chi connectivity index (χ2n) is 5.10. The van der Waals surface area contributed by atoms with Gasteiger partial charge in [0.1, 0.15) is 10.4 Å². The fraction of sp³-hybridized carbons (Fsp3) is 0.267. The van der Waals surface area contributed by atoms with Crippen LogP contribution < -0.4 is 11.2 Å². The van der Waals surface area contributed by atoms with E-state index in [1.807, 2.05) is 17.5 Å². The van der Waals surface area contributed by atoms with E-state index in [1.165, 1.54) is 30.1 Å². The summed E-state index contributed by atoms with van der Waals surface area (Å²) in [5, 5.41) is 2.43. The maximum atomic E-state index is 12.6. The number of rotatable bonds is 4. The molecule has 0 aliphatic carbocycles. The molecular formula is C15H14N4O4S2. The van der Waals surface area contributed by atoms with E-state index in [0.717, 1.165) is 21.2 Å². The molecule has 0 atom stereocenters. The van der Waals surface area contributed by atoms with Crippen LogP contribution in [0.15, 0.2) is 32.1 Å². The van der Waals surface area contributed by atoms with Gasteiger partial charge in [-0.1, -0.05) is 17.8 Å². The molecule has 0 bridgehead atoms. The van der Waals surface area contributed by atoms with Gasteiger partial charge in [0, 0.05) is 14.1 Å². The lowest BCUT2D eigenvalue weighted by Crippen LogP contribution is -2.37. The van der Waals surface area contributed by atoms with Crippen molar-refractivity contribution in [3.8, 4) is 10.7 Å². The molecule has 0 spiro atoms. The van der Waals surface area contributed by atoms with E-state index < -0.39 is 17.2 Å². The predicted molar refractivity (Wildman–Crippen MR) is 96.1 cm³/mol. The van der Waals surface area contributed by atoms with E-state index in [1.54, 1.807) is 7.05 Å². The minimum Gasteiger partial charge on any atom is -0.468 e. The highest BCUT2D eigenvalue weighted by Gasteiger charge is 2.19. The maximum Gasteiger partial charge on any atom is 0.332 e. The molecule has 10 heteroatoms. The number of carbonyl (C=O) groups is 1. The number of hydrogen-bond acceptors (Lipinski definition) is 8. The smallest absolute Gasteiger partial charge is 0.332 e. The van der Waals surface area contributed by atoms with E-state index in [9.17, 15) is 14.4 Å². The van der Waals surface area contributed by atoms with Crippen molar-refractivity contribution >= 4 is 40.1 Å². The number of ether oxygens (including phenoxy) is 1. The van der Waals surface area contributed by atoms with E-state index in [0.29, 0.717) is 10.9 Å². The number of fused-ring (bicyclic) bond motifs is 1. The Kier molecular flexibility index (Phi) is 4.73. The molecule has 130 valence electrons. The van der Waals surface area contributed by atoms with Crippen molar-refractivity contribution in [3.05, 3.63) is 38.4 Å². The Hall–Kier alpha value is -2.46. The molecule has 0 saturated heterocycles. The van der Waals surface area contributed by atoms with Gasteiger partial charge >= 0.3 is 11.7 Å². The Balaban J connectivity index is 2.31. The first-order valence-corrected chi connectivity index (χ1v) is 9.01. The highest BCUT2D eigenvalue weighted by Crippen LogP contribution is 2.28. The fourth-order valence-corrected chi connectivity index (χ4v) is 3.74. The summed E-state index contributed by atoms with van der Waals surface area (Å²) in [5.74, 6) is -0.0346. The molecule has 0 aliphatic heterocycles. The van der Waals surface area contributed by atoms with Crippen LogP contribution in [0.2, 0.25) is 0 Å². The van der Waals surface area contributed by atoms with Gasteiger partial charge in [-0.2, -0.15) is 0 Å². The van der Waals surface area contributed by atoms with E-state index in [2.05, 4.69) is 14.7 Å². The van der Waals surface area contributed by atoms with E-state index >= 15 is 0 Å². The van der Waals surface area contributed by atoms with Crippen LogP contribution in [0.4, 0.5) is 0 Å². The molecule has 3 heterocycles. The van der Waals surface area contributed by atoms with Crippen LogP contribution in [0.1, 0.15) is 0 Å². The number of nitrogens with zero attached hydrogens (tertiary/aromatic N) is 4. The number of aryl methyl sites for hydroxylation is 1. The zero-order valence-corrected chi connectivity index (χ0v) is 15.3. The van der Waals surface area contributed by atoms with Gasteiger partial charge in [0.05, 0.1) is 17.7 Å². The molecule has 0 N–H and O–H groups in total. The normalized spacial score (nSPS) is 11.0. The molecule has 0 amide bonds. The average molecular weight is 378 g/mol. The van der Waals surface area contributed by atoms with E-state index in [-0.39, 0.29) is 16.8 Å². The second-order valence-corrected chi connectivity index (χ2v) is 7.01. The number of hydrogen-bond donors (Lipinski definition) is 0. The summed E-state index contributed by atoms with van der Waals surface area (Å²) < 4.78 is 6.95. The minimum atomic E-state index is -0.497. The number of esters is 1. The number of thiophene rings is 1. The summed E-state index contributed by atoms with van der Waals surface area (Å²) in [5.41, 5.74) is -0.737. The lowest BCUT2D eigenvalue weighted by atomic mass is 10.3. The zero-order chi connectivity index (χ0) is 18.1. The van der Waals surface area contributed by atoms with Gasteiger partial charge < -0.3 is 4.74 Å². The van der Waals surface area contributed by atoms with Crippen LogP contribution in [-0.4, -0.2) is 37.9 Å². The standard InChI is InChI=1S/C15H14N4O4S2/c1-18-12-10(14(21)19(2)15(18)22)13(25-7-9(20)23-3)17-11(16-12)8-5-4-6-24-8/h4-6H,7H2,1-3H3. The third kappa shape index (κ3) is 3.10. The third-order valence-electron chi connectivity index (χ3n) is 3.56. The van der Waals surface area contributed by atoms with Gasteiger partial charge in [-0.3, -0.25) is 18.7 Å². The number of thioether (sulfide) groups is 1. The molecule has 3 rings (SSSR count). The van der Waals surface area contributed by atoms with Crippen molar-refractivity contribution in [2.24, 2.45) is 14.1 Å². The summed E-state index contributed by atoms with van der Waals surface area (Å²) >= 11 is 2.52. The van der Waals surface area contributed by atoms with Gasteiger partial charge in [0.25, 0.3) is 5.56 Å². The highest BCUT2D eigenvalue weighted by molar-refractivity contribution is 8.00. The van der Waals surface area contributed by atoms with Gasteiger partial charge in [0.15, 0.2) is 11.5 Å². The van der Waals surface area contributed by atoms with Crippen molar-refractivity contribution in [3.63, 3.8) is 0 Å². The van der Waals surface area contributed by atoms with Crippen molar-refractivity contribution < 1.29 is 9.53 Å². The first kappa shape index (κ1) is 17.4. The van der Waals surface area contributed by atoms with Crippen molar-refractivity contribution in [2.45, 2.75) is 5.03 Å². The van der Waals surface area contributed by atoms with Gasteiger partial charge in [-0.15, -0.1) is 11.3 Å². The highest BCUT2D eigenvalue weighted by atomic mass is 32.2. The largest absolute Gasteiger partial charge is 0.468 e. The van der Waals surface area contributed by atoms with Crippen LogP contribution in [0.25, 0.3) is 21.7 Å². The summed E-state index contributed by atoms with van der Waals surface area (Å²) in [4.78, 5) is 45.9. The Bertz CT molecular complexity index is 1070. The Morgan fingerprint density at radius 1 is 1.28 bits per heavy atom. The number of aromatic nitrogens is 4. The maximum absolute atomic E-state index is 12.6. The zero-order valence-electron chi connectivity index (χ0n) is 13.7. The summed E-state index contributed by atoms with van der Waals surface area (Å²) in [7, 11) is 4.23. The summed E-state index contributed by atoms with van der Waals surface area (Å²) in [6, 6.07) is 3.71. The molecular weight excluding hydrogens is 364 g/mol. The minimum absolute atomic E-state index is 0.00150. The second kappa shape index (κ2) is 6.81. The lowest BCUT2D eigenvalue weighted by Gasteiger charge is -2.11. The number of methoxy groups -OCH3 is 1. The Morgan fingerprint density at radius 2 is 2.04 bits per heavy atom. The SMILES string of the molecule is COC(=O)CSc1nc(-c2cccs2)nc2c1c(=O)n(C)c(=O)n2C. The first-order chi connectivity index (χ1) is 11.9. The molecule has 0 saturated carbocycles. The Labute approximate surface area is 150 Å². The lowest BCUT2D eigenvalue weighted by molar-refractivity contribution is -0.137. The van der Waals surface area contributed by atoms with Crippen LogP contribution in [-0.2, 0) is 23.6 Å². The average Bonchev–Trinajstić information content (AvgIpc) is 3.16. The molecule has 0 fully saturated rings.